The summed E-state index contributed by atoms with van der Waals surface area (Å²) in [6, 6.07) is 16.1. The van der Waals surface area contributed by atoms with Crippen molar-refractivity contribution in [2.45, 2.75) is 19.4 Å². The maximum Gasteiger partial charge on any atom is 0.191 e. The maximum atomic E-state index is 10.6. The standard InChI is InChI=1S/C23H29N3O3S/c1-4-24-23(25-12-11-16-9-10-19(28-2)20(13-16)29-3)26-15-18(27)22-14-17-7-5-6-8-21(17)30-22/h5-10,13-14,18,27H,4,11-12,15H2,1-3H3,(H2,24,25,26). The molecule has 0 radical (unpaired) electrons. The SMILES string of the molecule is CCNC(=NCC(O)c1cc2ccccc2s1)NCCc1ccc(OC)c(OC)c1. The number of rotatable bonds is 9. The summed E-state index contributed by atoms with van der Waals surface area (Å²) in [7, 11) is 3.27. The van der Waals surface area contributed by atoms with Crippen molar-refractivity contribution in [3.63, 3.8) is 0 Å². The molecular formula is C23H29N3O3S. The summed E-state index contributed by atoms with van der Waals surface area (Å²) >= 11 is 1.61. The minimum Gasteiger partial charge on any atom is -0.493 e. The second-order valence-corrected chi connectivity index (χ2v) is 7.90. The van der Waals surface area contributed by atoms with Crippen molar-refractivity contribution in [1.82, 2.24) is 10.6 Å². The zero-order chi connectivity index (χ0) is 21.3. The lowest BCUT2D eigenvalue weighted by Gasteiger charge is -2.13. The highest BCUT2D eigenvalue weighted by Gasteiger charge is 2.11. The molecule has 0 amide bonds. The van der Waals surface area contributed by atoms with Crippen LogP contribution in [-0.2, 0) is 6.42 Å². The summed E-state index contributed by atoms with van der Waals surface area (Å²) in [5.41, 5.74) is 1.14. The van der Waals surface area contributed by atoms with Crippen LogP contribution in [0.5, 0.6) is 11.5 Å². The second-order valence-electron chi connectivity index (χ2n) is 6.79. The van der Waals surface area contributed by atoms with Gasteiger partial charge in [0.1, 0.15) is 6.10 Å². The van der Waals surface area contributed by atoms with E-state index in [1.807, 2.05) is 43.3 Å². The molecule has 3 N–H and O–H groups in total. The molecule has 7 heteroatoms. The first-order chi connectivity index (χ1) is 14.6. The van der Waals surface area contributed by atoms with E-state index in [9.17, 15) is 5.11 Å². The van der Waals surface area contributed by atoms with Crippen LogP contribution in [0.4, 0.5) is 0 Å². The van der Waals surface area contributed by atoms with Crippen molar-refractivity contribution < 1.29 is 14.6 Å². The van der Waals surface area contributed by atoms with Crippen molar-refractivity contribution in [2.75, 3.05) is 33.9 Å². The molecular weight excluding hydrogens is 398 g/mol. The first-order valence-corrected chi connectivity index (χ1v) is 10.9. The van der Waals surface area contributed by atoms with Gasteiger partial charge in [-0.1, -0.05) is 24.3 Å². The minimum absolute atomic E-state index is 0.304. The van der Waals surface area contributed by atoms with Crippen LogP contribution in [0, 0.1) is 0 Å². The van der Waals surface area contributed by atoms with Crippen molar-refractivity contribution in [2.24, 2.45) is 4.99 Å². The number of nitrogens with zero attached hydrogens (tertiary/aromatic N) is 1. The first kappa shape index (κ1) is 21.9. The number of ether oxygens (including phenoxy) is 2. The van der Waals surface area contributed by atoms with Gasteiger partial charge in [-0.05, 0) is 48.6 Å². The van der Waals surface area contributed by atoms with Crippen LogP contribution in [0.2, 0.25) is 0 Å². The third-order valence-corrected chi connectivity index (χ3v) is 5.91. The van der Waals surface area contributed by atoms with Crippen molar-refractivity contribution in [3.8, 4) is 11.5 Å². The van der Waals surface area contributed by atoms with Crippen LogP contribution in [0.1, 0.15) is 23.5 Å². The average Bonchev–Trinajstić information content (AvgIpc) is 3.21. The number of nitrogens with one attached hydrogen (secondary N) is 2. The number of aliphatic hydroxyl groups is 1. The summed E-state index contributed by atoms with van der Waals surface area (Å²) in [6.07, 6.45) is 0.188. The Morgan fingerprint density at radius 3 is 2.60 bits per heavy atom. The van der Waals surface area contributed by atoms with Crippen LogP contribution < -0.4 is 20.1 Å². The molecule has 3 rings (SSSR count). The molecule has 0 aliphatic carbocycles. The van der Waals surface area contributed by atoms with Gasteiger partial charge in [0.15, 0.2) is 17.5 Å². The number of hydrogen-bond donors (Lipinski definition) is 3. The highest BCUT2D eigenvalue weighted by atomic mass is 32.1. The number of methoxy groups -OCH3 is 2. The quantitative estimate of drug-likeness (QED) is 0.358. The number of benzene rings is 2. The summed E-state index contributed by atoms with van der Waals surface area (Å²) in [5.74, 6) is 2.14. The minimum atomic E-state index is -0.622. The molecule has 1 heterocycles. The Morgan fingerprint density at radius 1 is 1.07 bits per heavy atom. The molecule has 0 spiro atoms. The van der Waals surface area contributed by atoms with Crippen LogP contribution in [-0.4, -0.2) is 44.9 Å². The number of hydrogen-bond acceptors (Lipinski definition) is 5. The molecule has 30 heavy (non-hydrogen) atoms. The van der Waals surface area contributed by atoms with Crippen molar-refractivity contribution >= 4 is 27.4 Å². The molecule has 1 aromatic heterocycles. The molecule has 0 aliphatic rings. The Hall–Kier alpha value is -2.77. The van der Waals surface area contributed by atoms with Crippen LogP contribution in [0.3, 0.4) is 0 Å². The topological polar surface area (TPSA) is 75.1 Å². The zero-order valence-electron chi connectivity index (χ0n) is 17.6. The first-order valence-electron chi connectivity index (χ1n) is 10.0. The van der Waals surface area contributed by atoms with Crippen LogP contribution in [0.15, 0.2) is 53.5 Å². The molecule has 0 aliphatic heterocycles. The number of thiophene rings is 1. The van der Waals surface area contributed by atoms with E-state index in [0.717, 1.165) is 40.3 Å². The molecule has 0 saturated heterocycles. The Kier molecular flexibility index (Phi) is 7.93. The maximum absolute atomic E-state index is 10.6. The monoisotopic (exact) mass is 427 g/mol. The van der Waals surface area contributed by atoms with Gasteiger partial charge in [-0.15, -0.1) is 11.3 Å². The normalized spacial score (nSPS) is 12.6. The summed E-state index contributed by atoms with van der Waals surface area (Å²) in [4.78, 5) is 5.49. The van der Waals surface area contributed by atoms with E-state index >= 15 is 0 Å². The summed E-state index contributed by atoms with van der Waals surface area (Å²) in [6.45, 7) is 3.79. The molecule has 0 fully saturated rings. The molecule has 0 bridgehead atoms. The fourth-order valence-electron chi connectivity index (χ4n) is 3.14. The van der Waals surface area contributed by atoms with Gasteiger partial charge >= 0.3 is 0 Å². The van der Waals surface area contributed by atoms with E-state index in [4.69, 9.17) is 9.47 Å². The van der Waals surface area contributed by atoms with Crippen molar-refractivity contribution in [3.05, 3.63) is 59.0 Å². The largest absolute Gasteiger partial charge is 0.493 e. The molecule has 1 unspecified atom stereocenters. The highest BCUT2D eigenvalue weighted by Crippen LogP contribution is 2.30. The third kappa shape index (κ3) is 5.64. The molecule has 2 aromatic carbocycles. The summed E-state index contributed by atoms with van der Waals surface area (Å²) in [5, 5.41) is 18.3. The predicted molar refractivity (Wildman–Crippen MR) is 124 cm³/mol. The molecule has 3 aromatic rings. The third-order valence-electron chi connectivity index (χ3n) is 4.69. The van der Waals surface area contributed by atoms with Gasteiger partial charge in [-0.3, -0.25) is 4.99 Å². The lowest BCUT2D eigenvalue weighted by molar-refractivity contribution is 0.191. The Balaban J connectivity index is 1.57. The van der Waals surface area contributed by atoms with E-state index in [1.54, 1.807) is 25.6 Å². The molecule has 160 valence electrons. The Labute approximate surface area is 181 Å². The second kappa shape index (κ2) is 10.8. The number of aliphatic hydroxyl groups excluding tert-OH is 1. The Bertz CT molecular complexity index is 954. The van der Waals surface area contributed by atoms with Gasteiger partial charge in [0, 0.05) is 22.7 Å². The number of aliphatic imine (C=N–C) groups is 1. The lowest BCUT2D eigenvalue weighted by atomic mass is 10.1. The number of fused-ring (bicyclic) bond motifs is 1. The van der Waals surface area contributed by atoms with E-state index in [0.29, 0.717) is 19.0 Å². The van der Waals surface area contributed by atoms with E-state index in [1.165, 1.54) is 4.70 Å². The fraction of sp³-hybridized carbons (Fsp3) is 0.348. The molecule has 6 nitrogen and oxygen atoms in total. The van der Waals surface area contributed by atoms with Gasteiger partial charge in [0.05, 0.1) is 20.8 Å². The van der Waals surface area contributed by atoms with E-state index in [2.05, 4.69) is 27.8 Å². The zero-order valence-corrected chi connectivity index (χ0v) is 18.5. The van der Waals surface area contributed by atoms with Crippen LogP contribution in [0.25, 0.3) is 10.1 Å². The molecule has 1 atom stereocenters. The van der Waals surface area contributed by atoms with Gasteiger partial charge in [-0.25, -0.2) is 0 Å². The van der Waals surface area contributed by atoms with Crippen LogP contribution >= 0.6 is 11.3 Å². The summed E-state index contributed by atoms with van der Waals surface area (Å²) < 4.78 is 11.8. The molecule has 0 saturated carbocycles. The van der Waals surface area contributed by atoms with Gasteiger partial charge in [0.2, 0.25) is 0 Å². The average molecular weight is 428 g/mol. The smallest absolute Gasteiger partial charge is 0.191 e. The van der Waals surface area contributed by atoms with E-state index in [-0.39, 0.29) is 0 Å². The predicted octanol–water partition coefficient (Wildman–Crippen LogP) is 3.75. The highest BCUT2D eigenvalue weighted by molar-refractivity contribution is 7.19. The van der Waals surface area contributed by atoms with Gasteiger partial charge in [0.25, 0.3) is 0 Å². The lowest BCUT2D eigenvalue weighted by Crippen LogP contribution is -2.38. The number of guanidine groups is 1. The van der Waals surface area contributed by atoms with Gasteiger partial charge < -0.3 is 25.2 Å². The van der Waals surface area contributed by atoms with E-state index < -0.39 is 6.10 Å². The van der Waals surface area contributed by atoms with Crippen molar-refractivity contribution in [1.29, 1.82) is 0 Å². The van der Waals surface area contributed by atoms with Gasteiger partial charge in [-0.2, -0.15) is 0 Å². The fourth-order valence-corrected chi connectivity index (χ4v) is 4.18. The Morgan fingerprint density at radius 2 is 1.87 bits per heavy atom.